The number of amidine groups is 1. The average molecular weight is 338 g/mol. The van der Waals surface area contributed by atoms with Crippen LogP contribution in [0.5, 0.6) is 0 Å². The molecule has 2 heterocycles. The Hall–Kier alpha value is -2.26. The van der Waals surface area contributed by atoms with Crippen molar-refractivity contribution in [1.82, 2.24) is 5.32 Å². The summed E-state index contributed by atoms with van der Waals surface area (Å²) in [6, 6.07) is 12.4. The molecule has 122 valence electrons. The predicted molar refractivity (Wildman–Crippen MR) is 102 cm³/mol. The van der Waals surface area contributed by atoms with Crippen LogP contribution in [0.1, 0.15) is 23.6 Å². The molecule has 3 nitrogen and oxygen atoms in total. The van der Waals surface area contributed by atoms with Crippen molar-refractivity contribution >= 4 is 34.5 Å². The van der Waals surface area contributed by atoms with Gasteiger partial charge < -0.3 is 10.2 Å². The summed E-state index contributed by atoms with van der Waals surface area (Å²) in [6.07, 6.45) is 2.15. The number of aliphatic imine (C=N–C) groups is 1. The number of nitrogens with one attached hydrogen (secondary N) is 1. The van der Waals surface area contributed by atoms with Crippen molar-refractivity contribution in [3.63, 3.8) is 0 Å². The first-order valence-electron chi connectivity index (χ1n) is 8.35. The minimum atomic E-state index is 0.705. The van der Waals surface area contributed by atoms with E-state index in [0.29, 0.717) is 5.02 Å². The van der Waals surface area contributed by atoms with Crippen LogP contribution >= 0.6 is 11.6 Å². The summed E-state index contributed by atoms with van der Waals surface area (Å²) in [5.74, 6) is 0.938. The monoisotopic (exact) mass is 337 g/mol. The van der Waals surface area contributed by atoms with Gasteiger partial charge in [-0.15, -0.1) is 0 Å². The normalized spacial score (nSPS) is 15.7. The minimum absolute atomic E-state index is 0.705. The summed E-state index contributed by atoms with van der Waals surface area (Å²) in [5, 5.41) is 4.06. The number of hydrogen-bond donors (Lipinski definition) is 1. The highest BCUT2D eigenvalue weighted by atomic mass is 35.5. The van der Waals surface area contributed by atoms with Crippen LogP contribution in [-0.4, -0.2) is 18.9 Å². The zero-order valence-electron chi connectivity index (χ0n) is 13.8. The lowest BCUT2D eigenvalue weighted by Crippen LogP contribution is -2.37. The molecule has 0 radical (unpaired) electrons. The topological polar surface area (TPSA) is 27.6 Å². The second-order valence-electron chi connectivity index (χ2n) is 6.27. The lowest BCUT2D eigenvalue weighted by molar-refractivity contribution is 0.900. The van der Waals surface area contributed by atoms with Gasteiger partial charge in [0, 0.05) is 28.5 Å². The summed E-state index contributed by atoms with van der Waals surface area (Å²) in [7, 11) is 0. The molecule has 0 aliphatic carbocycles. The summed E-state index contributed by atoms with van der Waals surface area (Å²) in [4.78, 5) is 7.20. The second-order valence-corrected chi connectivity index (χ2v) is 6.71. The average Bonchev–Trinajstić information content (AvgIpc) is 2.99. The lowest BCUT2D eigenvalue weighted by atomic mass is 10.1. The van der Waals surface area contributed by atoms with Crippen molar-refractivity contribution in [2.75, 3.05) is 18.0 Å². The molecule has 4 rings (SSSR count). The molecule has 0 aromatic heterocycles. The van der Waals surface area contributed by atoms with Crippen molar-refractivity contribution < 1.29 is 0 Å². The number of halogens is 1. The molecule has 24 heavy (non-hydrogen) atoms. The third kappa shape index (κ3) is 2.59. The van der Waals surface area contributed by atoms with Crippen LogP contribution in [0.25, 0.3) is 5.70 Å². The smallest absolute Gasteiger partial charge is 0.126 e. The SMILES string of the molecule is C=C1NC(CN2CCc3cccc(CC)c32)=Nc2ccc(Cl)cc21. The van der Waals surface area contributed by atoms with E-state index in [1.165, 1.54) is 16.8 Å². The van der Waals surface area contributed by atoms with Crippen molar-refractivity contribution in [3.05, 3.63) is 64.7 Å². The van der Waals surface area contributed by atoms with Crippen molar-refractivity contribution in [1.29, 1.82) is 0 Å². The van der Waals surface area contributed by atoms with Crippen LogP contribution in [0.2, 0.25) is 5.02 Å². The molecule has 0 atom stereocenters. The maximum atomic E-state index is 6.08. The maximum Gasteiger partial charge on any atom is 0.126 e. The van der Waals surface area contributed by atoms with Gasteiger partial charge in [0.15, 0.2) is 0 Å². The Morgan fingerprint density at radius 3 is 3.00 bits per heavy atom. The molecule has 2 aromatic carbocycles. The molecular weight excluding hydrogens is 318 g/mol. The van der Waals surface area contributed by atoms with Crippen molar-refractivity contribution in [2.24, 2.45) is 4.99 Å². The molecule has 0 bridgehead atoms. The Bertz CT molecular complexity index is 854. The summed E-state index contributed by atoms with van der Waals surface area (Å²) >= 11 is 6.08. The summed E-state index contributed by atoms with van der Waals surface area (Å²) < 4.78 is 0. The number of para-hydroxylation sites is 1. The van der Waals surface area contributed by atoms with Crippen LogP contribution in [0.15, 0.2) is 48.0 Å². The highest BCUT2D eigenvalue weighted by Crippen LogP contribution is 2.34. The third-order valence-corrected chi connectivity index (χ3v) is 4.96. The van der Waals surface area contributed by atoms with Gasteiger partial charge in [0.1, 0.15) is 5.84 Å². The maximum absolute atomic E-state index is 6.08. The first-order chi connectivity index (χ1) is 11.7. The Labute approximate surface area is 147 Å². The quantitative estimate of drug-likeness (QED) is 0.888. The van der Waals surface area contributed by atoms with E-state index in [2.05, 4.69) is 41.9 Å². The van der Waals surface area contributed by atoms with Gasteiger partial charge in [-0.05, 0) is 42.2 Å². The molecular formula is C20H20ClN3. The number of rotatable bonds is 3. The number of fused-ring (bicyclic) bond motifs is 2. The number of benzene rings is 2. The molecule has 2 aliphatic rings. The molecule has 0 fully saturated rings. The van der Waals surface area contributed by atoms with Gasteiger partial charge in [-0.3, -0.25) is 0 Å². The fourth-order valence-corrected chi connectivity index (χ4v) is 3.75. The standard InChI is InChI=1S/C20H20ClN3/c1-3-14-5-4-6-15-9-10-24(20(14)15)12-19-22-13(2)17-11-16(21)7-8-18(17)23-19/h4-8,11H,2-3,9-10,12H2,1H3,(H,22,23). The fraction of sp³-hybridized carbons (Fsp3) is 0.250. The van der Waals surface area contributed by atoms with Gasteiger partial charge in [0.25, 0.3) is 0 Å². The van der Waals surface area contributed by atoms with Gasteiger partial charge in [0.05, 0.1) is 12.2 Å². The molecule has 4 heteroatoms. The first-order valence-corrected chi connectivity index (χ1v) is 8.72. The highest BCUT2D eigenvalue weighted by molar-refractivity contribution is 6.31. The second kappa shape index (κ2) is 5.99. The molecule has 0 saturated heterocycles. The van der Waals surface area contributed by atoms with Crippen molar-refractivity contribution in [2.45, 2.75) is 19.8 Å². The number of anilines is 1. The number of nitrogens with zero attached hydrogens (tertiary/aromatic N) is 2. The molecule has 0 amide bonds. The van der Waals surface area contributed by atoms with Gasteiger partial charge in [0.2, 0.25) is 0 Å². The molecule has 2 aliphatic heterocycles. The zero-order chi connectivity index (χ0) is 16.7. The molecule has 0 unspecified atom stereocenters. The van der Waals surface area contributed by atoms with E-state index in [1.807, 2.05) is 18.2 Å². The Morgan fingerprint density at radius 2 is 2.17 bits per heavy atom. The zero-order valence-corrected chi connectivity index (χ0v) is 14.5. The van der Waals surface area contributed by atoms with E-state index in [0.717, 1.165) is 48.7 Å². The van der Waals surface area contributed by atoms with Gasteiger partial charge in [-0.1, -0.05) is 43.3 Å². The fourth-order valence-electron chi connectivity index (χ4n) is 3.58. The number of aryl methyl sites for hydroxylation is 1. The van der Waals surface area contributed by atoms with Crippen LogP contribution < -0.4 is 10.2 Å². The molecule has 1 N–H and O–H groups in total. The van der Waals surface area contributed by atoms with E-state index in [4.69, 9.17) is 16.6 Å². The molecule has 0 spiro atoms. The van der Waals surface area contributed by atoms with Crippen molar-refractivity contribution in [3.8, 4) is 0 Å². The van der Waals surface area contributed by atoms with Gasteiger partial charge in [-0.2, -0.15) is 0 Å². The Balaban J connectivity index is 1.65. The first kappa shape index (κ1) is 15.3. The molecule has 0 saturated carbocycles. The summed E-state index contributed by atoms with van der Waals surface area (Å²) in [5.41, 5.74) is 7.01. The van der Waals surface area contributed by atoms with Crippen LogP contribution in [0, 0.1) is 0 Å². The van der Waals surface area contributed by atoms with Gasteiger partial charge >= 0.3 is 0 Å². The lowest BCUT2D eigenvalue weighted by Gasteiger charge is -2.26. The third-order valence-electron chi connectivity index (χ3n) is 4.73. The highest BCUT2D eigenvalue weighted by Gasteiger charge is 2.24. The van der Waals surface area contributed by atoms with E-state index >= 15 is 0 Å². The van der Waals surface area contributed by atoms with Crippen LogP contribution in [-0.2, 0) is 12.8 Å². The predicted octanol–water partition coefficient (Wildman–Crippen LogP) is 4.57. The van der Waals surface area contributed by atoms with Gasteiger partial charge in [-0.25, -0.2) is 4.99 Å². The van der Waals surface area contributed by atoms with Crippen LogP contribution in [0.4, 0.5) is 11.4 Å². The summed E-state index contributed by atoms with van der Waals surface area (Å²) in [6.45, 7) is 8.15. The van der Waals surface area contributed by atoms with Crippen LogP contribution in [0.3, 0.4) is 0 Å². The van der Waals surface area contributed by atoms with E-state index in [1.54, 1.807) is 0 Å². The Morgan fingerprint density at radius 1 is 1.29 bits per heavy atom. The van der Waals surface area contributed by atoms with E-state index in [-0.39, 0.29) is 0 Å². The molecule has 2 aromatic rings. The Kier molecular flexibility index (Phi) is 3.81. The minimum Gasteiger partial charge on any atom is -0.363 e. The van der Waals surface area contributed by atoms with E-state index < -0.39 is 0 Å². The number of hydrogen-bond acceptors (Lipinski definition) is 3. The largest absolute Gasteiger partial charge is 0.363 e. The van der Waals surface area contributed by atoms with E-state index in [9.17, 15) is 0 Å².